The summed E-state index contributed by atoms with van der Waals surface area (Å²) in [4.78, 5) is 4.29. The van der Waals surface area contributed by atoms with Gasteiger partial charge in [0.25, 0.3) is 0 Å². The molecule has 1 aliphatic heterocycles. The molecule has 0 saturated carbocycles. The third-order valence-electron chi connectivity index (χ3n) is 3.80. The first kappa shape index (κ1) is 16.4. The maximum absolute atomic E-state index is 9.71. The number of aromatic hydroxyl groups is 2. The first-order valence-corrected chi connectivity index (χ1v) is 7.70. The Kier molecular flexibility index (Phi) is 4.57. The molecule has 4 N–H and O–H groups in total. The summed E-state index contributed by atoms with van der Waals surface area (Å²) < 4.78 is 6.07. The summed E-state index contributed by atoms with van der Waals surface area (Å²) in [5, 5.41) is 19.3. The van der Waals surface area contributed by atoms with E-state index in [-0.39, 0.29) is 11.5 Å². The van der Waals surface area contributed by atoms with Crippen molar-refractivity contribution in [2.45, 2.75) is 6.10 Å². The molecule has 0 amide bonds. The van der Waals surface area contributed by atoms with Crippen LogP contribution in [0.4, 0.5) is 0 Å². The molecule has 1 unspecified atom stereocenters. The van der Waals surface area contributed by atoms with Gasteiger partial charge in [-0.25, -0.2) is 0 Å². The fourth-order valence-corrected chi connectivity index (χ4v) is 2.62. The Morgan fingerprint density at radius 2 is 1.84 bits per heavy atom. The summed E-state index contributed by atoms with van der Waals surface area (Å²) in [6.07, 6.45) is 5.87. The number of phenolic OH excluding ortho intramolecular Hbond substituents is 2. The van der Waals surface area contributed by atoms with Crippen molar-refractivity contribution < 1.29 is 14.9 Å². The maximum Gasteiger partial charge on any atom is 0.168 e. The van der Waals surface area contributed by atoms with Crippen molar-refractivity contribution in [3.05, 3.63) is 78.1 Å². The Labute approximate surface area is 145 Å². The second-order valence-corrected chi connectivity index (χ2v) is 5.47. The Morgan fingerprint density at radius 3 is 2.52 bits per heavy atom. The first-order valence-electron chi connectivity index (χ1n) is 7.70. The predicted octanol–water partition coefficient (Wildman–Crippen LogP) is 3.46. The topological polar surface area (TPSA) is 88.1 Å². The number of fused-ring (bicyclic) bond motifs is 1. The standard InChI is InChI=1S/C20H18N2O3/c1-2-9-22-18(12-21)20-17(13-3-6-15(23)7-4-13)10-14-5-8-16(24)11-19(14)25-20/h2-12,20,23-24H,1,21H2/b18-12-,22-9-. The molecule has 0 aromatic heterocycles. The van der Waals surface area contributed by atoms with E-state index >= 15 is 0 Å². The minimum atomic E-state index is -0.556. The van der Waals surface area contributed by atoms with E-state index in [1.165, 1.54) is 12.4 Å². The van der Waals surface area contributed by atoms with E-state index < -0.39 is 6.10 Å². The van der Waals surface area contributed by atoms with Gasteiger partial charge in [0.15, 0.2) is 6.10 Å². The van der Waals surface area contributed by atoms with Crippen LogP contribution in [0.1, 0.15) is 11.1 Å². The van der Waals surface area contributed by atoms with E-state index in [0.717, 1.165) is 16.7 Å². The van der Waals surface area contributed by atoms with Crippen molar-refractivity contribution in [2.75, 3.05) is 0 Å². The molecule has 1 atom stereocenters. The van der Waals surface area contributed by atoms with Crippen LogP contribution >= 0.6 is 0 Å². The number of ether oxygens (including phenoxy) is 1. The predicted molar refractivity (Wildman–Crippen MR) is 99.5 cm³/mol. The average Bonchev–Trinajstić information content (AvgIpc) is 2.62. The summed E-state index contributed by atoms with van der Waals surface area (Å²) in [5.74, 6) is 0.842. The van der Waals surface area contributed by atoms with Crippen LogP contribution in [0.15, 0.2) is 72.0 Å². The zero-order chi connectivity index (χ0) is 17.8. The van der Waals surface area contributed by atoms with E-state index in [1.54, 1.807) is 48.5 Å². The van der Waals surface area contributed by atoms with Crippen molar-refractivity contribution in [1.82, 2.24) is 0 Å². The molecule has 2 aromatic carbocycles. The van der Waals surface area contributed by atoms with Crippen LogP contribution in [0.2, 0.25) is 0 Å². The van der Waals surface area contributed by atoms with E-state index in [1.807, 2.05) is 6.08 Å². The molecule has 25 heavy (non-hydrogen) atoms. The van der Waals surface area contributed by atoms with Crippen LogP contribution < -0.4 is 10.5 Å². The number of allylic oxidation sites excluding steroid dienone is 1. The lowest BCUT2D eigenvalue weighted by Crippen LogP contribution is -2.24. The summed E-state index contributed by atoms with van der Waals surface area (Å²) in [6.45, 7) is 3.61. The van der Waals surface area contributed by atoms with Gasteiger partial charge in [0, 0.05) is 29.6 Å². The van der Waals surface area contributed by atoms with E-state index in [2.05, 4.69) is 11.6 Å². The molecular formula is C20H18N2O3. The number of hydrogen-bond acceptors (Lipinski definition) is 5. The number of nitrogens with zero attached hydrogens (tertiary/aromatic N) is 1. The Hall–Kier alpha value is -3.47. The van der Waals surface area contributed by atoms with Gasteiger partial charge < -0.3 is 20.7 Å². The van der Waals surface area contributed by atoms with Crippen molar-refractivity contribution >= 4 is 17.9 Å². The number of nitrogens with two attached hydrogens (primary N) is 1. The smallest absolute Gasteiger partial charge is 0.168 e. The van der Waals surface area contributed by atoms with Crippen LogP contribution in [0, 0.1) is 0 Å². The Balaban J connectivity index is 2.13. The average molecular weight is 334 g/mol. The van der Waals surface area contributed by atoms with E-state index in [9.17, 15) is 10.2 Å². The fraction of sp³-hybridized carbons (Fsp3) is 0.0500. The van der Waals surface area contributed by atoms with Gasteiger partial charge in [-0.05, 0) is 35.9 Å². The number of rotatable bonds is 4. The van der Waals surface area contributed by atoms with Crippen LogP contribution in [0.5, 0.6) is 17.2 Å². The van der Waals surface area contributed by atoms with E-state index in [4.69, 9.17) is 10.5 Å². The molecule has 126 valence electrons. The molecule has 0 fully saturated rings. The van der Waals surface area contributed by atoms with Gasteiger partial charge in [0.2, 0.25) is 0 Å². The van der Waals surface area contributed by atoms with Crippen molar-refractivity contribution in [2.24, 2.45) is 10.7 Å². The maximum atomic E-state index is 9.71. The minimum Gasteiger partial charge on any atom is -0.508 e. The number of phenols is 2. The van der Waals surface area contributed by atoms with Gasteiger partial charge >= 0.3 is 0 Å². The molecule has 1 heterocycles. The second-order valence-electron chi connectivity index (χ2n) is 5.47. The minimum absolute atomic E-state index is 0.117. The lowest BCUT2D eigenvalue weighted by molar-refractivity contribution is 0.286. The summed E-state index contributed by atoms with van der Waals surface area (Å²) in [7, 11) is 0. The summed E-state index contributed by atoms with van der Waals surface area (Å²) in [5.41, 5.74) is 8.81. The normalized spacial score (nSPS) is 16.9. The zero-order valence-corrected chi connectivity index (χ0v) is 13.5. The molecular weight excluding hydrogens is 316 g/mol. The molecule has 5 heteroatoms. The van der Waals surface area contributed by atoms with Crippen LogP contribution in [-0.4, -0.2) is 22.5 Å². The highest BCUT2D eigenvalue weighted by Gasteiger charge is 2.27. The molecule has 1 aliphatic rings. The number of benzene rings is 2. The van der Waals surface area contributed by atoms with Gasteiger partial charge in [-0.3, -0.25) is 4.99 Å². The van der Waals surface area contributed by atoms with Gasteiger partial charge in [0.05, 0.1) is 0 Å². The van der Waals surface area contributed by atoms with Crippen molar-refractivity contribution in [3.63, 3.8) is 0 Å². The monoisotopic (exact) mass is 334 g/mol. The third-order valence-corrected chi connectivity index (χ3v) is 3.80. The number of hydrogen-bond donors (Lipinski definition) is 3. The van der Waals surface area contributed by atoms with Crippen LogP contribution in [0.25, 0.3) is 11.6 Å². The molecule has 3 rings (SSSR count). The third kappa shape index (κ3) is 3.40. The second kappa shape index (κ2) is 6.97. The number of aliphatic imine (C=N–C) groups is 1. The van der Waals surface area contributed by atoms with Crippen LogP contribution in [0.3, 0.4) is 0 Å². The lowest BCUT2D eigenvalue weighted by Gasteiger charge is -2.28. The molecule has 0 spiro atoms. The highest BCUT2D eigenvalue weighted by atomic mass is 16.5. The molecule has 0 bridgehead atoms. The van der Waals surface area contributed by atoms with Gasteiger partial charge in [-0.2, -0.15) is 0 Å². The highest BCUT2D eigenvalue weighted by molar-refractivity contribution is 5.89. The fourth-order valence-electron chi connectivity index (χ4n) is 2.62. The van der Waals surface area contributed by atoms with Gasteiger partial charge in [0.1, 0.15) is 22.9 Å². The van der Waals surface area contributed by atoms with Gasteiger partial charge in [-0.15, -0.1) is 0 Å². The Morgan fingerprint density at radius 1 is 1.12 bits per heavy atom. The SMILES string of the molecule is C=C/C=N\C(=C/N)C1Oc2cc(O)ccc2C=C1c1ccc(O)cc1. The molecule has 0 saturated heterocycles. The summed E-state index contributed by atoms with van der Waals surface area (Å²) in [6, 6.07) is 11.8. The van der Waals surface area contributed by atoms with Crippen molar-refractivity contribution in [3.8, 4) is 17.2 Å². The molecule has 2 aromatic rings. The van der Waals surface area contributed by atoms with E-state index in [0.29, 0.717) is 11.4 Å². The largest absolute Gasteiger partial charge is 0.508 e. The molecule has 0 radical (unpaired) electrons. The summed E-state index contributed by atoms with van der Waals surface area (Å²) >= 11 is 0. The van der Waals surface area contributed by atoms with Crippen LogP contribution in [-0.2, 0) is 0 Å². The quantitative estimate of drug-likeness (QED) is 0.747. The first-order chi connectivity index (χ1) is 12.1. The molecule has 0 aliphatic carbocycles. The van der Waals surface area contributed by atoms with Crippen molar-refractivity contribution in [1.29, 1.82) is 0 Å². The lowest BCUT2D eigenvalue weighted by atomic mass is 9.93. The Bertz CT molecular complexity index is 880. The highest BCUT2D eigenvalue weighted by Crippen LogP contribution is 2.39. The van der Waals surface area contributed by atoms with Gasteiger partial charge in [-0.1, -0.05) is 24.8 Å². The zero-order valence-electron chi connectivity index (χ0n) is 13.5. The molecule has 5 nitrogen and oxygen atoms in total.